The summed E-state index contributed by atoms with van der Waals surface area (Å²) in [5.41, 5.74) is 4.05. The van der Waals surface area contributed by atoms with Crippen molar-refractivity contribution in [2.45, 2.75) is 6.43 Å². The number of carbonyl (C=O) groups is 1. The number of halogens is 4. The predicted molar refractivity (Wildman–Crippen MR) is 48.8 cm³/mol. The smallest absolute Gasteiger partial charge is 0.281 e. The summed E-state index contributed by atoms with van der Waals surface area (Å²) in [6, 6.07) is 1.02. The van der Waals surface area contributed by atoms with E-state index in [4.69, 9.17) is 28.9 Å². The molecule has 0 saturated heterocycles. The van der Waals surface area contributed by atoms with Gasteiger partial charge in [-0.3, -0.25) is 4.79 Å². The quantitative estimate of drug-likeness (QED) is 0.809. The van der Waals surface area contributed by atoms with Gasteiger partial charge >= 0.3 is 0 Å². The van der Waals surface area contributed by atoms with E-state index >= 15 is 0 Å². The lowest BCUT2D eigenvalue weighted by atomic mass is 10.2. The van der Waals surface area contributed by atoms with Crippen molar-refractivity contribution in [1.82, 2.24) is 4.98 Å². The van der Waals surface area contributed by atoms with E-state index in [-0.39, 0.29) is 10.7 Å². The van der Waals surface area contributed by atoms with E-state index in [0.29, 0.717) is 0 Å². The Labute approximate surface area is 87.8 Å². The van der Waals surface area contributed by atoms with E-state index in [1.165, 1.54) is 0 Å². The van der Waals surface area contributed by atoms with Crippen LogP contribution in [0.4, 0.5) is 14.5 Å². The standard InChI is InChI=1S/C7H4Cl2F2N2O/c8-2-1-3(12)5(6(9)14)13-4(2)7(10)11/h1,7H,12H2. The molecule has 3 nitrogen and oxygen atoms in total. The SMILES string of the molecule is Nc1cc(Cl)c(C(F)F)nc1C(=O)Cl. The number of hydrogen-bond acceptors (Lipinski definition) is 3. The maximum atomic E-state index is 12.3. The van der Waals surface area contributed by atoms with Crippen LogP contribution in [0.15, 0.2) is 6.07 Å². The van der Waals surface area contributed by atoms with Gasteiger partial charge in [0.25, 0.3) is 11.7 Å². The van der Waals surface area contributed by atoms with Crippen LogP contribution in [0.3, 0.4) is 0 Å². The van der Waals surface area contributed by atoms with Crippen LogP contribution in [-0.4, -0.2) is 10.2 Å². The molecule has 0 spiro atoms. The van der Waals surface area contributed by atoms with Gasteiger partial charge in [0.15, 0.2) is 0 Å². The summed E-state index contributed by atoms with van der Waals surface area (Å²) in [6.45, 7) is 0. The maximum Gasteiger partial charge on any atom is 0.281 e. The Kier molecular flexibility index (Phi) is 3.23. The topological polar surface area (TPSA) is 56.0 Å². The third-order valence-corrected chi connectivity index (χ3v) is 1.91. The molecular formula is C7H4Cl2F2N2O. The lowest BCUT2D eigenvalue weighted by molar-refractivity contribution is 0.107. The fourth-order valence-electron chi connectivity index (χ4n) is 0.828. The predicted octanol–water partition coefficient (Wildman–Crippen LogP) is 2.63. The van der Waals surface area contributed by atoms with Crippen molar-refractivity contribution in [3.05, 3.63) is 22.5 Å². The Morgan fingerprint density at radius 3 is 2.57 bits per heavy atom. The first kappa shape index (κ1) is 11.1. The molecule has 0 bridgehead atoms. The minimum Gasteiger partial charge on any atom is -0.397 e. The second-order valence-electron chi connectivity index (χ2n) is 2.37. The molecule has 14 heavy (non-hydrogen) atoms. The monoisotopic (exact) mass is 240 g/mol. The van der Waals surface area contributed by atoms with Crippen LogP contribution in [0.25, 0.3) is 0 Å². The number of nitrogen functional groups attached to an aromatic ring is 1. The lowest BCUT2D eigenvalue weighted by Crippen LogP contribution is -2.05. The molecule has 76 valence electrons. The van der Waals surface area contributed by atoms with Crippen LogP contribution in [-0.2, 0) is 0 Å². The van der Waals surface area contributed by atoms with Crippen molar-refractivity contribution < 1.29 is 13.6 Å². The zero-order valence-corrected chi connectivity index (χ0v) is 8.11. The molecule has 1 heterocycles. The first-order chi connectivity index (χ1) is 6.43. The summed E-state index contributed by atoms with van der Waals surface area (Å²) >= 11 is 10.5. The highest BCUT2D eigenvalue weighted by atomic mass is 35.5. The van der Waals surface area contributed by atoms with Gasteiger partial charge in [-0.2, -0.15) is 0 Å². The van der Waals surface area contributed by atoms with Gasteiger partial charge in [0.2, 0.25) is 0 Å². The van der Waals surface area contributed by atoms with Crippen LogP contribution in [0.1, 0.15) is 22.6 Å². The summed E-state index contributed by atoms with van der Waals surface area (Å²) in [7, 11) is 0. The third kappa shape index (κ3) is 2.10. The van der Waals surface area contributed by atoms with E-state index < -0.39 is 23.1 Å². The van der Waals surface area contributed by atoms with Crippen LogP contribution < -0.4 is 5.73 Å². The number of nitrogens with two attached hydrogens (primary N) is 1. The fraction of sp³-hybridized carbons (Fsp3) is 0.143. The Bertz CT molecular complexity index is 384. The van der Waals surface area contributed by atoms with Gasteiger partial charge in [0, 0.05) is 0 Å². The molecule has 0 aliphatic rings. The molecule has 2 N–H and O–H groups in total. The Balaban J connectivity index is 3.34. The van der Waals surface area contributed by atoms with Crippen LogP contribution in [0.2, 0.25) is 5.02 Å². The van der Waals surface area contributed by atoms with Crippen LogP contribution >= 0.6 is 23.2 Å². The van der Waals surface area contributed by atoms with Crippen molar-refractivity contribution in [2.24, 2.45) is 0 Å². The molecule has 1 aromatic rings. The first-order valence-electron chi connectivity index (χ1n) is 3.37. The zero-order chi connectivity index (χ0) is 10.9. The van der Waals surface area contributed by atoms with E-state index in [9.17, 15) is 13.6 Å². The molecule has 0 radical (unpaired) electrons. The minimum atomic E-state index is -2.88. The first-order valence-corrected chi connectivity index (χ1v) is 4.13. The number of rotatable bonds is 2. The molecule has 0 aromatic carbocycles. The van der Waals surface area contributed by atoms with E-state index in [1.54, 1.807) is 0 Å². The number of hydrogen-bond donors (Lipinski definition) is 1. The number of alkyl halides is 2. The summed E-state index contributed by atoms with van der Waals surface area (Å²) in [6.07, 6.45) is -2.88. The molecule has 7 heteroatoms. The fourth-order valence-corrected chi connectivity index (χ4v) is 1.22. The van der Waals surface area contributed by atoms with Crippen molar-refractivity contribution in [1.29, 1.82) is 0 Å². The van der Waals surface area contributed by atoms with Gasteiger partial charge in [-0.1, -0.05) is 11.6 Å². The largest absolute Gasteiger partial charge is 0.397 e. The average molecular weight is 241 g/mol. The zero-order valence-electron chi connectivity index (χ0n) is 6.60. The van der Waals surface area contributed by atoms with Crippen LogP contribution in [0.5, 0.6) is 0 Å². The summed E-state index contributed by atoms with van der Waals surface area (Å²) < 4.78 is 24.5. The number of pyridine rings is 1. The average Bonchev–Trinajstić information content (AvgIpc) is 2.02. The normalized spacial score (nSPS) is 10.6. The highest BCUT2D eigenvalue weighted by Crippen LogP contribution is 2.28. The van der Waals surface area contributed by atoms with Crippen molar-refractivity contribution >= 4 is 34.1 Å². The van der Waals surface area contributed by atoms with Gasteiger partial charge in [0.05, 0.1) is 10.7 Å². The highest BCUT2D eigenvalue weighted by Gasteiger charge is 2.19. The van der Waals surface area contributed by atoms with E-state index in [1.807, 2.05) is 0 Å². The van der Waals surface area contributed by atoms with Gasteiger partial charge in [-0.25, -0.2) is 13.8 Å². The van der Waals surface area contributed by atoms with Gasteiger partial charge in [-0.05, 0) is 17.7 Å². The van der Waals surface area contributed by atoms with Gasteiger partial charge in [0.1, 0.15) is 11.4 Å². The molecule has 0 amide bonds. The molecule has 0 aliphatic carbocycles. The Hall–Kier alpha value is -0.940. The second kappa shape index (κ2) is 4.06. The molecule has 0 atom stereocenters. The Morgan fingerprint density at radius 1 is 1.57 bits per heavy atom. The van der Waals surface area contributed by atoms with Crippen molar-refractivity contribution in [3.63, 3.8) is 0 Å². The number of carbonyl (C=O) groups excluding carboxylic acids is 1. The molecule has 1 aromatic heterocycles. The van der Waals surface area contributed by atoms with Gasteiger partial charge < -0.3 is 5.73 Å². The molecule has 0 aliphatic heterocycles. The van der Waals surface area contributed by atoms with E-state index in [0.717, 1.165) is 6.07 Å². The minimum absolute atomic E-state index is 0.126. The summed E-state index contributed by atoms with van der Waals surface area (Å²) in [4.78, 5) is 14.0. The molecular weight excluding hydrogens is 237 g/mol. The number of anilines is 1. The molecule has 0 fully saturated rings. The van der Waals surface area contributed by atoms with Crippen molar-refractivity contribution in [2.75, 3.05) is 5.73 Å². The van der Waals surface area contributed by atoms with Crippen LogP contribution in [0, 0.1) is 0 Å². The lowest BCUT2D eigenvalue weighted by Gasteiger charge is -2.05. The molecule has 0 unspecified atom stereocenters. The van der Waals surface area contributed by atoms with Gasteiger partial charge in [-0.15, -0.1) is 0 Å². The summed E-state index contributed by atoms with van der Waals surface area (Å²) in [5, 5.41) is -1.29. The third-order valence-electron chi connectivity index (χ3n) is 1.43. The van der Waals surface area contributed by atoms with Crippen molar-refractivity contribution in [3.8, 4) is 0 Å². The highest BCUT2D eigenvalue weighted by molar-refractivity contribution is 6.68. The maximum absolute atomic E-state index is 12.3. The molecule has 1 rings (SSSR count). The molecule has 0 saturated carbocycles. The summed E-state index contributed by atoms with van der Waals surface area (Å²) in [5.74, 6) is 0. The van der Waals surface area contributed by atoms with E-state index in [2.05, 4.69) is 4.98 Å². The number of aromatic nitrogens is 1. The second-order valence-corrected chi connectivity index (χ2v) is 3.12. The number of nitrogens with zero attached hydrogens (tertiary/aromatic N) is 1. The Morgan fingerprint density at radius 2 is 2.14 bits per heavy atom.